The minimum absolute atomic E-state index is 0.401. The van der Waals surface area contributed by atoms with Gasteiger partial charge in [0.15, 0.2) is 17.8 Å². The van der Waals surface area contributed by atoms with Crippen molar-refractivity contribution in [2.24, 2.45) is 0 Å². The zero-order chi connectivity index (χ0) is 21.1. The fraction of sp³-hybridized carbons (Fsp3) is 0.125. The monoisotopic (exact) mass is 400 g/mol. The molecule has 0 bridgehead atoms. The third-order valence-electron chi connectivity index (χ3n) is 4.77. The molecule has 0 spiro atoms. The quantitative estimate of drug-likeness (QED) is 0.360. The van der Waals surface area contributed by atoms with Crippen LogP contribution in [0.15, 0.2) is 60.9 Å². The summed E-state index contributed by atoms with van der Waals surface area (Å²) in [5.41, 5.74) is 4.51. The average molecular weight is 400 g/mol. The van der Waals surface area contributed by atoms with Crippen LogP contribution in [-0.4, -0.2) is 34.4 Å². The van der Waals surface area contributed by atoms with Crippen LogP contribution in [0.4, 0.5) is 0 Å². The molecule has 0 saturated heterocycles. The predicted octanol–water partition coefficient (Wildman–Crippen LogP) is 3.63. The second-order valence-electron chi connectivity index (χ2n) is 6.64. The van der Waals surface area contributed by atoms with E-state index in [9.17, 15) is 10.2 Å². The number of aliphatic hydroxyl groups is 2. The summed E-state index contributed by atoms with van der Waals surface area (Å²) in [6.07, 6.45) is 2.09. The summed E-state index contributed by atoms with van der Waals surface area (Å²) in [5, 5.41) is 19.6. The number of methoxy groups -OCH3 is 2. The van der Waals surface area contributed by atoms with Gasteiger partial charge in [-0.3, -0.25) is 0 Å². The van der Waals surface area contributed by atoms with Crippen LogP contribution < -0.4 is 9.47 Å². The average Bonchev–Trinajstić information content (AvgIpc) is 3.19. The first-order valence-electron chi connectivity index (χ1n) is 9.26. The van der Waals surface area contributed by atoms with Gasteiger partial charge in [0.1, 0.15) is 5.65 Å². The molecular weight excluding hydrogens is 380 g/mol. The molecule has 3 N–H and O–H groups in total. The first-order valence-corrected chi connectivity index (χ1v) is 9.26. The molecule has 0 radical (unpaired) electrons. The maximum Gasteiger partial charge on any atom is 0.178 e. The van der Waals surface area contributed by atoms with Crippen molar-refractivity contribution < 1.29 is 19.7 Å². The number of nitrogens with one attached hydrogen (secondary N) is 1. The van der Waals surface area contributed by atoms with Crippen LogP contribution in [0.5, 0.6) is 11.5 Å². The van der Waals surface area contributed by atoms with Gasteiger partial charge in [-0.25, -0.2) is 4.98 Å². The highest BCUT2D eigenvalue weighted by molar-refractivity contribution is 5.87. The lowest BCUT2D eigenvalue weighted by atomic mass is 10.0. The van der Waals surface area contributed by atoms with Crippen molar-refractivity contribution in [1.82, 2.24) is 9.97 Å². The van der Waals surface area contributed by atoms with Gasteiger partial charge in [0, 0.05) is 34.5 Å². The lowest BCUT2D eigenvalue weighted by Crippen LogP contribution is -1.94. The minimum Gasteiger partial charge on any atom is -0.493 e. The molecule has 0 atom stereocenters. The normalized spacial score (nSPS) is 10.7. The van der Waals surface area contributed by atoms with Gasteiger partial charge >= 0.3 is 0 Å². The zero-order valence-electron chi connectivity index (χ0n) is 16.5. The Balaban J connectivity index is 1.72. The predicted molar refractivity (Wildman–Crippen MR) is 114 cm³/mol. The van der Waals surface area contributed by atoms with Crippen molar-refractivity contribution in [3.8, 4) is 34.5 Å². The second-order valence-corrected chi connectivity index (χ2v) is 6.64. The molecule has 2 aromatic heterocycles. The molecular formula is C24H20N2O4. The number of benzene rings is 2. The van der Waals surface area contributed by atoms with Gasteiger partial charge in [-0.05, 0) is 35.9 Å². The van der Waals surface area contributed by atoms with Crippen LogP contribution >= 0.6 is 0 Å². The largest absolute Gasteiger partial charge is 0.493 e. The van der Waals surface area contributed by atoms with E-state index >= 15 is 0 Å². The molecule has 2 heterocycles. The summed E-state index contributed by atoms with van der Waals surface area (Å²) in [6, 6.07) is 14.6. The summed E-state index contributed by atoms with van der Waals surface area (Å²) in [4.78, 5) is 7.64. The van der Waals surface area contributed by atoms with Gasteiger partial charge in [-0.1, -0.05) is 30.0 Å². The molecule has 6 heteroatoms. The molecule has 30 heavy (non-hydrogen) atoms. The molecule has 0 aliphatic heterocycles. The number of H-pyrrole nitrogens is 1. The van der Waals surface area contributed by atoms with Crippen molar-refractivity contribution >= 4 is 11.0 Å². The Bertz CT molecular complexity index is 1270. The van der Waals surface area contributed by atoms with Crippen LogP contribution in [0.2, 0.25) is 0 Å². The summed E-state index contributed by atoms with van der Waals surface area (Å²) in [6.45, 7) is 0. The fourth-order valence-electron chi connectivity index (χ4n) is 3.20. The van der Waals surface area contributed by atoms with Gasteiger partial charge in [0.25, 0.3) is 0 Å². The number of aromatic amines is 1. The van der Waals surface area contributed by atoms with Gasteiger partial charge < -0.3 is 24.7 Å². The van der Waals surface area contributed by atoms with E-state index in [1.807, 2.05) is 36.5 Å². The van der Waals surface area contributed by atoms with E-state index in [2.05, 4.69) is 21.8 Å². The van der Waals surface area contributed by atoms with Gasteiger partial charge in [-0.2, -0.15) is 0 Å². The second kappa shape index (κ2) is 8.29. The van der Waals surface area contributed by atoms with Crippen molar-refractivity contribution in [2.45, 2.75) is 6.29 Å². The molecule has 0 unspecified atom stereocenters. The Hall–Kier alpha value is -3.79. The fourth-order valence-corrected chi connectivity index (χ4v) is 3.20. The standard InChI is InChI=1S/C24H20N2O4/c1-29-21-9-8-16(12-22(21)30-2)19-11-20-18(13-25-23(20)26-14-19)7-6-15-4-3-5-17(10-15)24(27)28/h3-5,8-14,24,27-28H,1-2H3,(H,25,26). The van der Waals surface area contributed by atoms with Crippen LogP contribution in [0.25, 0.3) is 22.2 Å². The molecule has 0 saturated carbocycles. The van der Waals surface area contributed by atoms with E-state index in [1.165, 1.54) is 0 Å². The molecule has 150 valence electrons. The Morgan fingerprint density at radius 3 is 2.53 bits per heavy atom. The summed E-state index contributed by atoms with van der Waals surface area (Å²) in [7, 11) is 3.21. The molecule has 0 amide bonds. The van der Waals surface area contributed by atoms with E-state index in [1.54, 1.807) is 38.6 Å². The van der Waals surface area contributed by atoms with Gasteiger partial charge in [-0.15, -0.1) is 0 Å². The van der Waals surface area contributed by atoms with Crippen LogP contribution in [0, 0.1) is 11.8 Å². The Kier molecular flexibility index (Phi) is 5.40. The van der Waals surface area contributed by atoms with Gasteiger partial charge in [0.2, 0.25) is 0 Å². The highest BCUT2D eigenvalue weighted by atomic mass is 16.5. The van der Waals surface area contributed by atoms with E-state index in [4.69, 9.17) is 9.47 Å². The van der Waals surface area contributed by atoms with E-state index in [-0.39, 0.29) is 0 Å². The number of hydrogen-bond donors (Lipinski definition) is 3. The number of ether oxygens (including phenoxy) is 2. The van der Waals surface area contributed by atoms with E-state index < -0.39 is 6.29 Å². The SMILES string of the molecule is COc1ccc(-c2cnc3[nH]cc(C#Cc4cccc(C(O)O)c4)c3c2)cc1OC. The molecule has 0 fully saturated rings. The Morgan fingerprint density at radius 1 is 0.933 bits per heavy atom. The number of pyridine rings is 1. The van der Waals surface area contributed by atoms with Crippen LogP contribution in [0.1, 0.15) is 23.0 Å². The van der Waals surface area contributed by atoms with Crippen molar-refractivity contribution in [3.63, 3.8) is 0 Å². The highest BCUT2D eigenvalue weighted by Gasteiger charge is 2.09. The van der Waals surface area contributed by atoms with Crippen molar-refractivity contribution in [3.05, 3.63) is 77.6 Å². The van der Waals surface area contributed by atoms with Gasteiger partial charge in [0.05, 0.1) is 19.8 Å². The number of rotatable bonds is 4. The first kappa shape index (κ1) is 19.5. The molecule has 4 aromatic rings. The van der Waals surface area contributed by atoms with Crippen molar-refractivity contribution in [2.75, 3.05) is 14.2 Å². The molecule has 0 aliphatic rings. The smallest absolute Gasteiger partial charge is 0.178 e. The van der Waals surface area contributed by atoms with Crippen LogP contribution in [0.3, 0.4) is 0 Å². The van der Waals surface area contributed by atoms with E-state index in [0.717, 1.165) is 27.7 Å². The zero-order valence-corrected chi connectivity index (χ0v) is 16.5. The molecule has 4 rings (SSSR count). The maximum atomic E-state index is 9.33. The van der Waals surface area contributed by atoms with E-state index in [0.29, 0.717) is 22.6 Å². The molecule has 0 aliphatic carbocycles. The Morgan fingerprint density at radius 2 is 1.77 bits per heavy atom. The summed E-state index contributed by atoms with van der Waals surface area (Å²) >= 11 is 0. The molecule has 6 nitrogen and oxygen atoms in total. The number of fused-ring (bicyclic) bond motifs is 1. The van der Waals surface area contributed by atoms with Crippen molar-refractivity contribution in [1.29, 1.82) is 0 Å². The topological polar surface area (TPSA) is 87.6 Å². The number of aliphatic hydroxyl groups excluding tert-OH is 1. The third-order valence-corrected chi connectivity index (χ3v) is 4.77. The highest BCUT2D eigenvalue weighted by Crippen LogP contribution is 2.33. The lowest BCUT2D eigenvalue weighted by Gasteiger charge is -2.09. The number of aromatic nitrogens is 2. The first-order chi connectivity index (χ1) is 14.6. The molecule has 2 aromatic carbocycles. The third kappa shape index (κ3) is 3.85. The summed E-state index contributed by atoms with van der Waals surface area (Å²) in [5.74, 6) is 7.52. The summed E-state index contributed by atoms with van der Waals surface area (Å²) < 4.78 is 10.7. The number of nitrogens with zero attached hydrogens (tertiary/aromatic N) is 1. The Labute approximate surface area is 173 Å². The lowest BCUT2D eigenvalue weighted by molar-refractivity contribution is -0.0425. The van der Waals surface area contributed by atoms with Crippen LogP contribution in [-0.2, 0) is 0 Å². The maximum absolute atomic E-state index is 9.33. The number of hydrogen-bond acceptors (Lipinski definition) is 5. The minimum atomic E-state index is -1.52.